The number of nitrogens with two attached hydrogens (primary N) is 1. The topological polar surface area (TPSA) is 84.1 Å². The minimum Gasteiger partial charge on any atom is -0.383 e. The van der Waals surface area contributed by atoms with Gasteiger partial charge in [0.2, 0.25) is 5.91 Å². The molecule has 0 atom stereocenters. The zero-order valence-electron chi connectivity index (χ0n) is 11.7. The number of thiophene rings is 1. The summed E-state index contributed by atoms with van der Waals surface area (Å²) in [6, 6.07) is 1.92. The molecule has 0 fully saturated rings. The summed E-state index contributed by atoms with van der Waals surface area (Å²) >= 11 is 1.54. The Kier molecular flexibility index (Phi) is 4.86. The van der Waals surface area contributed by atoms with Gasteiger partial charge < -0.3 is 11.1 Å². The minimum atomic E-state index is 0.0134. The zero-order valence-corrected chi connectivity index (χ0v) is 12.5. The standard InChI is InChI=1S/C13H19N5OS/c1-3-15-11(19)8-18(4-2)7-10-16-12(14)9-5-6-20-13(9)17-10/h5-6H,3-4,7-8H2,1-2H3,(H,15,19)(H2,14,16,17). The van der Waals surface area contributed by atoms with Crippen LogP contribution in [0.1, 0.15) is 19.7 Å². The van der Waals surface area contributed by atoms with Gasteiger partial charge in [0, 0.05) is 6.54 Å². The Bertz CT molecular complexity index is 597. The maximum atomic E-state index is 11.6. The van der Waals surface area contributed by atoms with E-state index >= 15 is 0 Å². The number of fused-ring (bicyclic) bond motifs is 1. The fourth-order valence-corrected chi connectivity index (χ4v) is 2.72. The Morgan fingerprint density at radius 2 is 2.25 bits per heavy atom. The molecule has 20 heavy (non-hydrogen) atoms. The number of rotatable bonds is 6. The van der Waals surface area contributed by atoms with Crippen molar-refractivity contribution in [1.29, 1.82) is 0 Å². The van der Waals surface area contributed by atoms with Gasteiger partial charge in [0.05, 0.1) is 18.5 Å². The summed E-state index contributed by atoms with van der Waals surface area (Å²) in [5.41, 5.74) is 5.93. The van der Waals surface area contributed by atoms with Crippen molar-refractivity contribution in [2.75, 3.05) is 25.4 Å². The Labute approximate surface area is 122 Å². The monoisotopic (exact) mass is 293 g/mol. The molecule has 0 bridgehead atoms. The summed E-state index contributed by atoms with van der Waals surface area (Å²) < 4.78 is 0. The normalized spacial score (nSPS) is 11.2. The van der Waals surface area contributed by atoms with Crippen LogP contribution in [-0.4, -0.2) is 40.4 Å². The second-order valence-corrected chi connectivity index (χ2v) is 5.32. The Morgan fingerprint density at radius 3 is 2.95 bits per heavy atom. The van der Waals surface area contributed by atoms with E-state index in [-0.39, 0.29) is 5.91 Å². The Hall–Kier alpha value is -1.73. The number of likely N-dealkylation sites (N-methyl/N-ethyl adjacent to an activating group) is 2. The molecule has 2 rings (SSSR count). The first-order valence-electron chi connectivity index (χ1n) is 6.62. The van der Waals surface area contributed by atoms with Crippen molar-refractivity contribution in [3.05, 3.63) is 17.3 Å². The van der Waals surface area contributed by atoms with Crippen molar-refractivity contribution in [1.82, 2.24) is 20.2 Å². The van der Waals surface area contributed by atoms with Crippen LogP contribution in [-0.2, 0) is 11.3 Å². The van der Waals surface area contributed by atoms with Gasteiger partial charge in [-0.2, -0.15) is 0 Å². The highest BCUT2D eigenvalue weighted by atomic mass is 32.1. The van der Waals surface area contributed by atoms with Crippen molar-refractivity contribution < 1.29 is 4.79 Å². The zero-order chi connectivity index (χ0) is 14.5. The molecule has 6 nitrogen and oxygen atoms in total. The molecule has 2 heterocycles. The smallest absolute Gasteiger partial charge is 0.234 e. The number of nitrogens with one attached hydrogen (secondary N) is 1. The molecule has 0 aliphatic heterocycles. The average Bonchev–Trinajstić information content (AvgIpc) is 2.87. The first-order valence-corrected chi connectivity index (χ1v) is 7.50. The molecule has 0 spiro atoms. The minimum absolute atomic E-state index is 0.0134. The molecular formula is C13H19N5OS. The molecule has 2 aromatic heterocycles. The van der Waals surface area contributed by atoms with Gasteiger partial charge in [-0.15, -0.1) is 11.3 Å². The van der Waals surface area contributed by atoms with Gasteiger partial charge in [-0.3, -0.25) is 9.69 Å². The van der Waals surface area contributed by atoms with Gasteiger partial charge in [-0.25, -0.2) is 9.97 Å². The number of aromatic nitrogens is 2. The average molecular weight is 293 g/mol. The van der Waals surface area contributed by atoms with Crippen molar-refractivity contribution in [3.8, 4) is 0 Å². The first kappa shape index (κ1) is 14.7. The van der Waals surface area contributed by atoms with E-state index in [4.69, 9.17) is 5.73 Å². The molecule has 0 saturated heterocycles. The van der Waals surface area contributed by atoms with Crippen molar-refractivity contribution in [3.63, 3.8) is 0 Å². The molecule has 0 aliphatic carbocycles. The van der Waals surface area contributed by atoms with Crippen LogP contribution in [0, 0.1) is 0 Å². The maximum absolute atomic E-state index is 11.6. The predicted molar refractivity (Wildman–Crippen MR) is 81.5 cm³/mol. The summed E-state index contributed by atoms with van der Waals surface area (Å²) in [4.78, 5) is 23.3. The molecule has 0 radical (unpaired) electrons. The van der Waals surface area contributed by atoms with Crippen molar-refractivity contribution in [2.24, 2.45) is 0 Å². The quantitative estimate of drug-likeness (QED) is 0.837. The summed E-state index contributed by atoms with van der Waals surface area (Å²) in [7, 11) is 0. The number of anilines is 1. The third-order valence-electron chi connectivity index (χ3n) is 2.95. The number of amides is 1. The van der Waals surface area contributed by atoms with Gasteiger partial charge in [0.15, 0.2) is 0 Å². The van der Waals surface area contributed by atoms with Crippen molar-refractivity contribution >= 4 is 33.3 Å². The molecule has 108 valence electrons. The van der Waals surface area contributed by atoms with Crippen LogP contribution in [0.25, 0.3) is 10.2 Å². The van der Waals surface area contributed by atoms with Crippen LogP contribution in [0.4, 0.5) is 5.82 Å². The highest BCUT2D eigenvalue weighted by Gasteiger charge is 2.12. The molecule has 7 heteroatoms. The lowest BCUT2D eigenvalue weighted by Crippen LogP contribution is -2.37. The van der Waals surface area contributed by atoms with E-state index in [1.807, 2.05) is 30.2 Å². The maximum Gasteiger partial charge on any atom is 0.234 e. The lowest BCUT2D eigenvalue weighted by molar-refractivity contribution is -0.122. The number of nitrogens with zero attached hydrogens (tertiary/aromatic N) is 3. The van der Waals surface area contributed by atoms with Gasteiger partial charge >= 0.3 is 0 Å². The largest absolute Gasteiger partial charge is 0.383 e. The second kappa shape index (κ2) is 6.62. The first-order chi connectivity index (χ1) is 9.63. The Morgan fingerprint density at radius 1 is 1.45 bits per heavy atom. The van der Waals surface area contributed by atoms with Gasteiger partial charge in [0.1, 0.15) is 16.5 Å². The second-order valence-electron chi connectivity index (χ2n) is 4.42. The summed E-state index contributed by atoms with van der Waals surface area (Å²) in [5.74, 6) is 1.17. The third-order valence-corrected chi connectivity index (χ3v) is 3.76. The molecule has 0 aromatic carbocycles. The van der Waals surface area contributed by atoms with Crippen LogP contribution in [0.3, 0.4) is 0 Å². The number of nitrogen functional groups attached to an aromatic ring is 1. The number of hydrogen-bond acceptors (Lipinski definition) is 6. The molecular weight excluding hydrogens is 274 g/mol. The van der Waals surface area contributed by atoms with Crippen LogP contribution in [0.15, 0.2) is 11.4 Å². The number of carbonyl (C=O) groups excluding carboxylic acids is 1. The number of carbonyl (C=O) groups is 1. The SMILES string of the molecule is CCNC(=O)CN(CC)Cc1nc(N)c2ccsc2n1. The van der Waals surface area contributed by atoms with Crippen LogP contribution in [0.2, 0.25) is 0 Å². The molecule has 2 aromatic rings. The van der Waals surface area contributed by atoms with E-state index in [2.05, 4.69) is 15.3 Å². The molecule has 0 unspecified atom stereocenters. The predicted octanol–water partition coefficient (Wildman–Crippen LogP) is 1.23. The van der Waals surface area contributed by atoms with E-state index in [9.17, 15) is 4.79 Å². The number of hydrogen-bond donors (Lipinski definition) is 2. The third kappa shape index (κ3) is 3.43. The Balaban J connectivity index is 2.10. The summed E-state index contributed by atoms with van der Waals surface area (Å²) in [6.07, 6.45) is 0. The molecule has 0 saturated carbocycles. The lowest BCUT2D eigenvalue weighted by Gasteiger charge is -2.18. The van der Waals surface area contributed by atoms with Crippen LogP contribution in [0.5, 0.6) is 0 Å². The molecule has 0 aliphatic rings. The van der Waals surface area contributed by atoms with Crippen LogP contribution >= 0.6 is 11.3 Å². The van der Waals surface area contributed by atoms with E-state index in [0.717, 1.165) is 16.8 Å². The van der Waals surface area contributed by atoms with Crippen LogP contribution < -0.4 is 11.1 Å². The fourth-order valence-electron chi connectivity index (χ4n) is 1.93. The van der Waals surface area contributed by atoms with Gasteiger partial charge in [0.25, 0.3) is 0 Å². The summed E-state index contributed by atoms with van der Waals surface area (Å²) in [5, 5.41) is 5.63. The fraction of sp³-hybridized carbons (Fsp3) is 0.462. The lowest BCUT2D eigenvalue weighted by atomic mass is 10.3. The highest BCUT2D eigenvalue weighted by molar-refractivity contribution is 7.16. The highest BCUT2D eigenvalue weighted by Crippen LogP contribution is 2.23. The summed E-state index contributed by atoms with van der Waals surface area (Å²) in [6.45, 7) is 6.17. The van der Waals surface area contributed by atoms with Gasteiger partial charge in [-0.05, 0) is 24.9 Å². The van der Waals surface area contributed by atoms with E-state index in [1.54, 1.807) is 11.3 Å². The molecule has 1 amide bonds. The molecule has 3 N–H and O–H groups in total. The van der Waals surface area contributed by atoms with E-state index < -0.39 is 0 Å². The van der Waals surface area contributed by atoms with E-state index in [1.165, 1.54) is 0 Å². The van der Waals surface area contributed by atoms with Crippen molar-refractivity contribution in [2.45, 2.75) is 20.4 Å². The van der Waals surface area contributed by atoms with E-state index in [0.29, 0.717) is 31.3 Å². The van der Waals surface area contributed by atoms with Gasteiger partial charge in [-0.1, -0.05) is 6.92 Å².